The molecule has 2 heteroatoms. The van der Waals surface area contributed by atoms with Gasteiger partial charge in [0.2, 0.25) is 0 Å². The lowest BCUT2D eigenvalue weighted by atomic mass is 10.1. The van der Waals surface area contributed by atoms with Crippen LogP contribution in [-0.4, -0.2) is 18.9 Å². The van der Waals surface area contributed by atoms with Crippen molar-refractivity contribution in [3.63, 3.8) is 0 Å². The van der Waals surface area contributed by atoms with E-state index >= 15 is 0 Å². The molecule has 1 aromatic rings. The van der Waals surface area contributed by atoms with Crippen molar-refractivity contribution in [3.8, 4) is 0 Å². The average Bonchev–Trinajstić information content (AvgIpc) is 2.45. The number of benzene rings is 1. The van der Waals surface area contributed by atoms with E-state index in [4.69, 9.17) is 0 Å². The monoisotopic (exact) mass is 175 g/mol. The van der Waals surface area contributed by atoms with Crippen LogP contribution >= 0.6 is 0 Å². The topological polar surface area (TPSA) is 20.3 Å². The van der Waals surface area contributed by atoms with Gasteiger partial charge in [-0.25, -0.2) is 0 Å². The number of hydrogen-bond acceptors (Lipinski definition) is 2. The molecule has 1 aromatic carbocycles. The third-order valence-electron chi connectivity index (χ3n) is 2.72. The zero-order valence-electron chi connectivity index (χ0n) is 7.95. The Morgan fingerprint density at radius 3 is 2.77 bits per heavy atom. The third kappa shape index (κ3) is 1.22. The normalized spacial score (nSPS) is 20.2. The van der Waals surface area contributed by atoms with Crippen molar-refractivity contribution < 1.29 is 4.79 Å². The number of fused-ring (bicyclic) bond motifs is 1. The summed E-state index contributed by atoms with van der Waals surface area (Å²) in [5.74, 6) is 0.249. The van der Waals surface area contributed by atoms with Crippen molar-refractivity contribution in [2.24, 2.45) is 0 Å². The summed E-state index contributed by atoms with van der Waals surface area (Å²) in [4.78, 5) is 13.4. The number of para-hydroxylation sites is 1. The number of carbonyl (C=O) groups excluding carboxylic acids is 1. The second-order valence-corrected chi connectivity index (χ2v) is 3.57. The predicted octanol–water partition coefficient (Wildman–Crippen LogP) is 1.64. The van der Waals surface area contributed by atoms with Gasteiger partial charge in [0.15, 0.2) is 5.78 Å². The molecule has 1 aliphatic heterocycles. The summed E-state index contributed by atoms with van der Waals surface area (Å²) in [6, 6.07) is 8.25. The molecule has 0 saturated carbocycles. The van der Waals surface area contributed by atoms with Gasteiger partial charge in [-0.2, -0.15) is 0 Å². The summed E-state index contributed by atoms with van der Waals surface area (Å²) < 4.78 is 0. The number of carbonyl (C=O) groups is 1. The molecule has 0 aliphatic carbocycles. The maximum atomic E-state index is 11.3. The van der Waals surface area contributed by atoms with Crippen LogP contribution in [0.5, 0.6) is 0 Å². The Balaban J connectivity index is 2.38. The van der Waals surface area contributed by atoms with E-state index in [-0.39, 0.29) is 11.8 Å². The second-order valence-electron chi connectivity index (χ2n) is 3.57. The SMILES string of the molecule is CC(=O)[C@H]1Cc2ccccc2N1C. The highest BCUT2D eigenvalue weighted by Gasteiger charge is 2.28. The molecule has 1 atom stereocenters. The lowest BCUT2D eigenvalue weighted by Crippen LogP contribution is -2.33. The molecule has 0 spiro atoms. The van der Waals surface area contributed by atoms with Gasteiger partial charge in [0.05, 0.1) is 6.04 Å². The Hall–Kier alpha value is -1.31. The zero-order chi connectivity index (χ0) is 9.42. The molecule has 1 heterocycles. The number of nitrogens with zero attached hydrogens (tertiary/aromatic N) is 1. The largest absolute Gasteiger partial charge is 0.364 e. The first-order valence-corrected chi connectivity index (χ1v) is 4.51. The van der Waals surface area contributed by atoms with Crippen molar-refractivity contribution >= 4 is 11.5 Å². The van der Waals surface area contributed by atoms with Crippen LogP contribution in [0.1, 0.15) is 12.5 Å². The van der Waals surface area contributed by atoms with Gasteiger partial charge in [0.25, 0.3) is 0 Å². The highest BCUT2D eigenvalue weighted by Crippen LogP contribution is 2.30. The highest BCUT2D eigenvalue weighted by molar-refractivity contribution is 5.87. The maximum Gasteiger partial charge on any atom is 0.152 e. The molecule has 68 valence electrons. The van der Waals surface area contributed by atoms with E-state index in [1.807, 2.05) is 19.2 Å². The van der Waals surface area contributed by atoms with Gasteiger partial charge in [-0.1, -0.05) is 18.2 Å². The molecule has 0 N–H and O–H groups in total. The van der Waals surface area contributed by atoms with E-state index in [1.54, 1.807) is 6.92 Å². The molecule has 0 radical (unpaired) electrons. The molecular weight excluding hydrogens is 162 g/mol. The smallest absolute Gasteiger partial charge is 0.152 e. The van der Waals surface area contributed by atoms with Crippen LogP contribution in [0.4, 0.5) is 5.69 Å². The Morgan fingerprint density at radius 1 is 1.46 bits per heavy atom. The summed E-state index contributed by atoms with van der Waals surface area (Å²) in [5, 5.41) is 0. The molecule has 13 heavy (non-hydrogen) atoms. The molecular formula is C11H13NO. The van der Waals surface area contributed by atoms with E-state index in [0.717, 1.165) is 6.42 Å². The highest BCUT2D eigenvalue weighted by atomic mass is 16.1. The Kier molecular flexibility index (Phi) is 1.83. The minimum Gasteiger partial charge on any atom is -0.364 e. The molecule has 0 aromatic heterocycles. The van der Waals surface area contributed by atoms with Gasteiger partial charge in [0.1, 0.15) is 0 Å². The summed E-state index contributed by atoms with van der Waals surface area (Å²) in [6.45, 7) is 1.66. The first-order valence-electron chi connectivity index (χ1n) is 4.51. The maximum absolute atomic E-state index is 11.3. The Bertz CT molecular complexity index is 346. The molecule has 0 unspecified atom stereocenters. The van der Waals surface area contributed by atoms with Crippen LogP contribution in [-0.2, 0) is 11.2 Å². The fourth-order valence-corrected chi connectivity index (χ4v) is 1.96. The zero-order valence-corrected chi connectivity index (χ0v) is 7.95. The molecule has 0 amide bonds. The number of hydrogen-bond donors (Lipinski definition) is 0. The van der Waals surface area contributed by atoms with E-state index in [2.05, 4.69) is 17.0 Å². The van der Waals surface area contributed by atoms with Crippen molar-refractivity contribution in [2.45, 2.75) is 19.4 Å². The summed E-state index contributed by atoms with van der Waals surface area (Å²) in [5.41, 5.74) is 2.48. The minimum absolute atomic E-state index is 0.0531. The molecule has 0 fully saturated rings. The quantitative estimate of drug-likeness (QED) is 0.646. The van der Waals surface area contributed by atoms with E-state index in [9.17, 15) is 4.79 Å². The van der Waals surface area contributed by atoms with Gasteiger partial charge < -0.3 is 4.90 Å². The fourth-order valence-electron chi connectivity index (χ4n) is 1.96. The summed E-state index contributed by atoms with van der Waals surface area (Å²) in [7, 11) is 1.98. The molecule has 2 rings (SSSR count). The van der Waals surface area contributed by atoms with Crippen LogP contribution in [0.25, 0.3) is 0 Å². The van der Waals surface area contributed by atoms with Crippen molar-refractivity contribution in [1.29, 1.82) is 0 Å². The Labute approximate surface area is 78.2 Å². The average molecular weight is 175 g/mol. The number of Topliss-reactive ketones (excluding diaryl/α,β-unsaturated/α-hetero) is 1. The van der Waals surface area contributed by atoms with Crippen LogP contribution in [0.15, 0.2) is 24.3 Å². The predicted molar refractivity (Wildman–Crippen MR) is 53.0 cm³/mol. The molecule has 1 aliphatic rings. The number of anilines is 1. The molecule has 2 nitrogen and oxygen atoms in total. The van der Waals surface area contributed by atoms with Crippen molar-refractivity contribution in [1.82, 2.24) is 0 Å². The standard InChI is InChI=1S/C11H13NO/c1-8(13)11-7-9-5-3-4-6-10(9)12(11)2/h3-6,11H,7H2,1-2H3/t11-/m1/s1. The molecule has 0 bridgehead atoms. The van der Waals surface area contributed by atoms with E-state index in [0.29, 0.717) is 0 Å². The first kappa shape index (κ1) is 8.30. The van der Waals surface area contributed by atoms with Gasteiger partial charge in [-0.15, -0.1) is 0 Å². The van der Waals surface area contributed by atoms with Gasteiger partial charge in [-0.3, -0.25) is 4.79 Å². The fraction of sp³-hybridized carbons (Fsp3) is 0.364. The first-order chi connectivity index (χ1) is 6.20. The summed E-state index contributed by atoms with van der Waals surface area (Å²) in [6.07, 6.45) is 0.863. The van der Waals surface area contributed by atoms with Crippen LogP contribution in [0.2, 0.25) is 0 Å². The van der Waals surface area contributed by atoms with E-state index < -0.39 is 0 Å². The number of likely N-dealkylation sites (N-methyl/N-ethyl adjacent to an activating group) is 1. The minimum atomic E-state index is 0.0531. The number of ketones is 1. The lowest BCUT2D eigenvalue weighted by Gasteiger charge is -2.19. The summed E-state index contributed by atoms with van der Waals surface area (Å²) >= 11 is 0. The Morgan fingerprint density at radius 2 is 2.15 bits per heavy atom. The van der Waals surface area contributed by atoms with Gasteiger partial charge in [0, 0.05) is 19.2 Å². The molecule has 0 saturated heterocycles. The van der Waals surface area contributed by atoms with Crippen LogP contribution in [0.3, 0.4) is 0 Å². The third-order valence-corrected chi connectivity index (χ3v) is 2.72. The van der Waals surface area contributed by atoms with Gasteiger partial charge in [-0.05, 0) is 18.6 Å². The van der Waals surface area contributed by atoms with Crippen molar-refractivity contribution in [2.75, 3.05) is 11.9 Å². The van der Waals surface area contributed by atoms with E-state index in [1.165, 1.54) is 11.3 Å². The van der Waals surface area contributed by atoms with Gasteiger partial charge >= 0.3 is 0 Å². The van der Waals surface area contributed by atoms with Crippen molar-refractivity contribution in [3.05, 3.63) is 29.8 Å². The van der Waals surface area contributed by atoms with Crippen LogP contribution in [0, 0.1) is 0 Å². The number of rotatable bonds is 1. The second kappa shape index (κ2) is 2.87. The van der Waals surface area contributed by atoms with Crippen LogP contribution < -0.4 is 4.90 Å². The lowest BCUT2D eigenvalue weighted by molar-refractivity contribution is -0.118.